The minimum absolute atomic E-state index is 0.0283. The fraction of sp³-hybridized carbons (Fsp3) is 0.235. The van der Waals surface area contributed by atoms with Crippen molar-refractivity contribution in [2.75, 3.05) is 26.4 Å². The molecule has 2 aliphatic heterocycles. The normalized spacial score (nSPS) is 16.6. The molecular weight excluding hydrogens is 1170 g/mol. The van der Waals surface area contributed by atoms with Crippen molar-refractivity contribution in [1.29, 1.82) is 10.5 Å². The predicted molar refractivity (Wildman–Crippen MR) is 312 cm³/mol. The lowest BCUT2D eigenvalue weighted by Crippen LogP contribution is -2.21. The zero-order chi connectivity index (χ0) is 62.6. The molecule has 6 aromatic carbocycles. The van der Waals surface area contributed by atoms with E-state index in [0.717, 1.165) is 62.1 Å². The third-order valence-corrected chi connectivity index (χ3v) is 17.3. The fourth-order valence-corrected chi connectivity index (χ4v) is 12.0. The summed E-state index contributed by atoms with van der Waals surface area (Å²) < 4.78 is 118. The molecule has 4 fully saturated rings. The van der Waals surface area contributed by atoms with Gasteiger partial charge in [0.05, 0.1) is 106 Å². The molecule has 452 valence electrons. The van der Waals surface area contributed by atoms with Gasteiger partial charge < -0.3 is 38.3 Å². The van der Waals surface area contributed by atoms with E-state index < -0.39 is 46.8 Å². The van der Waals surface area contributed by atoms with Gasteiger partial charge in [0, 0.05) is 58.1 Å². The standard InChI is InChI=1S/2C34H25F3N4O4/c2*35-24-10-19(15-38)4-5-21(24)16-45-32-3-1-2-27(40-32)23-14-25(36)22(11-26(23)37)13-31-39-28-7-6-20(33(42)43)12-29(28)41(31)30-17-44-18-34(30)8-9-34/h2*1-7,10-12,14,30H,8-9,13,16-18H2,(H,42,43). The number of carboxylic acids is 2. The number of hydrogen-bond acceptors (Lipinski definition) is 12. The van der Waals surface area contributed by atoms with Gasteiger partial charge in [0.15, 0.2) is 0 Å². The number of pyridine rings is 2. The van der Waals surface area contributed by atoms with Crippen molar-refractivity contribution in [2.45, 2.75) is 63.8 Å². The van der Waals surface area contributed by atoms with E-state index in [1.165, 1.54) is 60.7 Å². The highest BCUT2D eigenvalue weighted by molar-refractivity contribution is 5.93. The molecule has 0 bridgehead atoms. The first-order chi connectivity index (χ1) is 43.5. The summed E-state index contributed by atoms with van der Waals surface area (Å²) >= 11 is 0. The van der Waals surface area contributed by atoms with Gasteiger partial charge >= 0.3 is 11.9 Å². The van der Waals surface area contributed by atoms with E-state index >= 15 is 17.6 Å². The van der Waals surface area contributed by atoms with Gasteiger partial charge in [-0.1, -0.05) is 24.3 Å². The van der Waals surface area contributed by atoms with Crippen LogP contribution in [0.5, 0.6) is 11.8 Å². The smallest absolute Gasteiger partial charge is 0.335 e. The van der Waals surface area contributed by atoms with Crippen LogP contribution in [0.1, 0.15) is 104 Å². The first-order valence-corrected chi connectivity index (χ1v) is 28.7. The van der Waals surface area contributed by atoms with Gasteiger partial charge in [-0.3, -0.25) is 0 Å². The molecule has 2 aliphatic carbocycles. The van der Waals surface area contributed by atoms with Crippen LogP contribution in [-0.4, -0.2) is 77.6 Å². The van der Waals surface area contributed by atoms with E-state index in [0.29, 0.717) is 60.1 Å². The van der Waals surface area contributed by atoms with Crippen molar-refractivity contribution in [3.8, 4) is 46.4 Å². The number of aromatic nitrogens is 6. The summed E-state index contributed by atoms with van der Waals surface area (Å²) in [6, 6.07) is 34.5. The molecule has 22 heteroatoms. The Kier molecular flexibility index (Phi) is 15.4. The number of imidazole rings is 2. The van der Waals surface area contributed by atoms with Crippen molar-refractivity contribution in [1.82, 2.24) is 29.1 Å². The minimum Gasteiger partial charge on any atom is -0.478 e. The van der Waals surface area contributed by atoms with Crippen LogP contribution < -0.4 is 9.47 Å². The molecule has 4 aliphatic rings. The van der Waals surface area contributed by atoms with Crippen LogP contribution in [-0.2, 0) is 35.5 Å². The number of nitriles is 2. The van der Waals surface area contributed by atoms with E-state index in [4.69, 9.17) is 39.4 Å². The molecule has 90 heavy (non-hydrogen) atoms. The molecule has 2 N–H and O–H groups in total. The topological polar surface area (TPSA) is 221 Å². The van der Waals surface area contributed by atoms with Crippen LogP contribution in [0, 0.1) is 68.4 Å². The highest BCUT2D eigenvalue weighted by Crippen LogP contribution is 2.59. The van der Waals surface area contributed by atoms with Crippen molar-refractivity contribution in [3.05, 3.63) is 225 Å². The number of hydrogen-bond donors (Lipinski definition) is 2. The van der Waals surface area contributed by atoms with Crippen LogP contribution in [0.4, 0.5) is 26.3 Å². The summed E-state index contributed by atoms with van der Waals surface area (Å²) in [4.78, 5) is 41.5. The summed E-state index contributed by atoms with van der Waals surface area (Å²) in [7, 11) is 0. The Morgan fingerprint density at radius 1 is 0.511 bits per heavy atom. The first-order valence-electron chi connectivity index (χ1n) is 28.7. The molecule has 2 spiro atoms. The number of rotatable bonds is 16. The molecule has 2 saturated heterocycles. The number of ether oxygens (including phenoxy) is 4. The average Bonchev–Trinajstić information content (AvgIpc) is 1.59. The van der Waals surface area contributed by atoms with Gasteiger partial charge in [-0.05, 0) is 134 Å². The maximum Gasteiger partial charge on any atom is 0.335 e. The van der Waals surface area contributed by atoms with Crippen molar-refractivity contribution in [3.63, 3.8) is 0 Å². The summed E-state index contributed by atoms with van der Waals surface area (Å²) in [6.45, 7) is 1.68. The lowest BCUT2D eigenvalue weighted by molar-refractivity contribution is 0.0686. The molecule has 10 aromatic rings. The Morgan fingerprint density at radius 2 is 0.922 bits per heavy atom. The number of nitrogens with zero attached hydrogens (tertiary/aromatic N) is 8. The molecule has 0 amide bonds. The maximum absolute atomic E-state index is 15.6. The molecule has 6 heterocycles. The van der Waals surface area contributed by atoms with E-state index in [-0.39, 0.29) is 128 Å². The number of carboxylic acid groups (broad SMARTS) is 2. The Morgan fingerprint density at radius 3 is 1.30 bits per heavy atom. The maximum atomic E-state index is 15.6. The van der Waals surface area contributed by atoms with Gasteiger partial charge in [-0.15, -0.1) is 0 Å². The monoisotopic (exact) mass is 1220 g/mol. The number of fused-ring (bicyclic) bond motifs is 2. The third-order valence-electron chi connectivity index (χ3n) is 17.3. The zero-order valence-electron chi connectivity index (χ0n) is 47.5. The third kappa shape index (κ3) is 11.4. The molecule has 0 radical (unpaired) electrons. The first kappa shape index (κ1) is 58.6. The number of halogens is 6. The quantitative estimate of drug-likeness (QED) is 0.0860. The second-order valence-electron chi connectivity index (χ2n) is 22.9. The van der Waals surface area contributed by atoms with Crippen molar-refractivity contribution in [2.24, 2.45) is 10.8 Å². The molecule has 14 rings (SSSR count). The van der Waals surface area contributed by atoms with E-state index in [9.17, 15) is 28.6 Å². The summed E-state index contributed by atoms with van der Waals surface area (Å²) in [6.07, 6.45) is 3.80. The number of carbonyl (C=O) groups is 2. The molecule has 2 saturated carbocycles. The zero-order valence-corrected chi connectivity index (χ0v) is 47.5. The summed E-state index contributed by atoms with van der Waals surface area (Å²) in [5.74, 6) is -4.90. The van der Waals surface area contributed by atoms with Crippen LogP contribution >= 0.6 is 0 Å². The van der Waals surface area contributed by atoms with E-state index in [1.807, 2.05) is 21.3 Å². The lowest BCUT2D eigenvalue weighted by Gasteiger charge is -2.22. The highest BCUT2D eigenvalue weighted by atomic mass is 19.1. The summed E-state index contributed by atoms with van der Waals surface area (Å²) in [5, 5.41) is 37.0. The highest BCUT2D eigenvalue weighted by Gasteiger charge is 2.56. The van der Waals surface area contributed by atoms with Crippen LogP contribution in [0.15, 0.2) is 133 Å². The number of aromatic carboxylic acids is 2. The largest absolute Gasteiger partial charge is 0.478 e. The Bertz CT molecular complexity index is 4360. The Balaban J connectivity index is 0.000000165. The Labute approximate surface area is 508 Å². The molecule has 4 aromatic heterocycles. The lowest BCUT2D eigenvalue weighted by atomic mass is 9.99. The fourth-order valence-electron chi connectivity index (χ4n) is 12.0. The second-order valence-corrected chi connectivity index (χ2v) is 22.9. The van der Waals surface area contributed by atoms with Crippen LogP contribution in [0.2, 0.25) is 0 Å². The van der Waals surface area contributed by atoms with Crippen molar-refractivity contribution >= 4 is 34.0 Å². The van der Waals surface area contributed by atoms with E-state index in [1.54, 1.807) is 36.4 Å². The second kappa shape index (κ2) is 23.6. The van der Waals surface area contributed by atoms with Gasteiger partial charge in [0.2, 0.25) is 11.8 Å². The minimum atomic E-state index is -1.07. The van der Waals surface area contributed by atoms with Gasteiger partial charge in [-0.2, -0.15) is 10.5 Å². The van der Waals surface area contributed by atoms with Crippen LogP contribution in [0.25, 0.3) is 44.6 Å². The summed E-state index contributed by atoms with van der Waals surface area (Å²) in [5.41, 5.74) is 3.51. The van der Waals surface area contributed by atoms with Gasteiger partial charge in [0.1, 0.15) is 59.8 Å². The van der Waals surface area contributed by atoms with Crippen LogP contribution in [0.3, 0.4) is 0 Å². The van der Waals surface area contributed by atoms with Crippen molar-refractivity contribution < 1.29 is 65.1 Å². The average molecular weight is 1220 g/mol. The Hall–Kier alpha value is -10.4. The number of benzene rings is 6. The van der Waals surface area contributed by atoms with E-state index in [2.05, 4.69) is 9.97 Å². The molecule has 16 nitrogen and oxygen atoms in total. The van der Waals surface area contributed by atoms with Gasteiger partial charge in [-0.25, -0.2) is 55.9 Å². The molecule has 2 unspecified atom stereocenters. The SMILES string of the molecule is N#Cc1ccc(COc2cccc(-c3cc(F)c(Cc4nc5ccc(C(=O)O)cc5n4C4COCC45CC5)cc3F)n2)c(F)c1.N#Cc1ccc(COc2cccc(-c3cc(F)c(Cc4nc5ccc(C(=O)O)cc5n4C4COCC45CC5)cc3F)n2)c(F)c1. The molecular formula is C68H50F6N8O8. The molecule has 2 atom stereocenters. The predicted octanol–water partition coefficient (Wildman–Crippen LogP) is 13.2. The van der Waals surface area contributed by atoms with Gasteiger partial charge in [0.25, 0.3) is 0 Å².